The van der Waals surface area contributed by atoms with Gasteiger partial charge in [-0.15, -0.1) is 0 Å². The van der Waals surface area contributed by atoms with Crippen LogP contribution in [-0.4, -0.2) is 55.0 Å². The molecule has 34 heavy (non-hydrogen) atoms. The first-order chi connectivity index (χ1) is 16.3. The van der Waals surface area contributed by atoms with Crippen LogP contribution >= 0.6 is 39.9 Å². The number of aryl methyl sites for hydroxylation is 1. The first kappa shape index (κ1) is 26.2. The number of methoxy groups -OCH3 is 2. The molecule has 1 N–H and O–H groups in total. The fraction of sp³-hybridized carbons (Fsp3) is 0.292. The summed E-state index contributed by atoms with van der Waals surface area (Å²) >= 11 is 10.0. The van der Waals surface area contributed by atoms with E-state index in [4.69, 9.17) is 26.4 Å². The molecule has 0 aliphatic carbocycles. The summed E-state index contributed by atoms with van der Waals surface area (Å²) in [5, 5.41) is 2.84. The SMILES string of the molecule is COCCCN1C(=O)/C(=C/c2ccc(OCC(=O)Nc3ccc(Br)cc3C)c(OC)c2)SC1=S. The first-order valence-corrected chi connectivity index (χ1v) is 12.4. The number of amides is 2. The second-order valence-corrected chi connectivity index (χ2v) is 9.98. The summed E-state index contributed by atoms with van der Waals surface area (Å²) in [7, 11) is 3.15. The lowest BCUT2D eigenvalue weighted by atomic mass is 10.2. The number of hydrogen-bond acceptors (Lipinski definition) is 7. The van der Waals surface area contributed by atoms with Gasteiger partial charge in [0, 0.05) is 30.4 Å². The lowest BCUT2D eigenvalue weighted by molar-refractivity contribution is -0.122. The predicted octanol–water partition coefficient (Wildman–Crippen LogP) is 5.02. The molecule has 0 bridgehead atoms. The van der Waals surface area contributed by atoms with Crippen molar-refractivity contribution in [1.82, 2.24) is 4.90 Å². The van der Waals surface area contributed by atoms with Crippen LogP contribution in [-0.2, 0) is 14.3 Å². The quantitative estimate of drug-likeness (QED) is 0.246. The molecule has 10 heteroatoms. The number of nitrogens with zero attached hydrogens (tertiary/aromatic N) is 1. The Morgan fingerprint density at radius 1 is 1.21 bits per heavy atom. The van der Waals surface area contributed by atoms with Crippen molar-refractivity contribution >= 4 is 67.8 Å². The van der Waals surface area contributed by atoms with Crippen LogP contribution in [0.3, 0.4) is 0 Å². The molecule has 0 atom stereocenters. The van der Waals surface area contributed by atoms with E-state index in [1.54, 1.807) is 36.3 Å². The van der Waals surface area contributed by atoms with Gasteiger partial charge in [0.1, 0.15) is 4.32 Å². The topological polar surface area (TPSA) is 77.1 Å². The van der Waals surface area contributed by atoms with E-state index < -0.39 is 0 Å². The summed E-state index contributed by atoms with van der Waals surface area (Å²) in [6.07, 6.45) is 2.48. The molecular weight excluding hydrogens is 540 g/mol. The molecule has 1 aliphatic heterocycles. The largest absolute Gasteiger partial charge is 0.493 e. The maximum absolute atomic E-state index is 12.7. The van der Waals surface area contributed by atoms with Gasteiger partial charge in [0.25, 0.3) is 11.8 Å². The Labute approximate surface area is 216 Å². The number of thiocarbonyl (C=S) groups is 1. The van der Waals surface area contributed by atoms with Crippen LogP contribution < -0.4 is 14.8 Å². The van der Waals surface area contributed by atoms with Gasteiger partial charge in [-0.1, -0.05) is 46.0 Å². The summed E-state index contributed by atoms with van der Waals surface area (Å²) in [5.41, 5.74) is 2.42. The Balaban J connectivity index is 1.64. The number of hydrogen-bond donors (Lipinski definition) is 1. The second-order valence-electron chi connectivity index (χ2n) is 7.39. The molecule has 1 aliphatic rings. The molecule has 0 aromatic heterocycles. The van der Waals surface area contributed by atoms with Crippen LogP contribution in [0.5, 0.6) is 11.5 Å². The van der Waals surface area contributed by atoms with Crippen LogP contribution in [0.4, 0.5) is 5.69 Å². The van der Waals surface area contributed by atoms with Crippen molar-refractivity contribution in [1.29, 1.82) is 0 Å². The molecule has 0 radical (unpaired) electrons. The summed E-state index contributed by atoms with van der Waals surface area (Å²) < 4.78 is 17.6. The average molecular weight is 566 g/mol. The van der Waals surface area contributed by atoms with Crippen LogP contribution in [0.25, 0.3) is 6.08 Å². The van der Waals surface area contributed by atoms with Crippen LogP contribution in [0.15, 0.2) is 45.8 Å². The third-order valence-corrected chi connectivity index (χ3v) is 6.78. The van der Waals surface area contributed by atoms with Crippen molar-refractivity contribution < 1.29 is 23.8 Å². The third kappa shape index (κ3) is 6.82. The van der Waals surface area contributed by atoms with Crippen molar-refractivity contribution in [3.8, 4) is 11.5 Å². The van der Waals surface area contributed by atoms with Gasteiger partial charge >= 0.3 is 0 Å². The van der Waals surface area contributed by atoms with E-state index in [-0.39, 0.29) is 18.4 Å². The molecule has 2 aromatic rings. The highest BCUT2D eigenvalue weighted by Gasteiger charge is 2.31. The van der Waals surface area contributed by atoms with Gasteiger partial charge in [0.15, 0.2) is 18.1 Å². The normalized spacial score (nSPS) is 14.6. The van der Waals surface area contributed by atoms with Crippen molar-refractivity contribution in [2.75, 3.05) is 39.3 Å². The Morgan fingerprint density at radius 3 is 2.71 bits per heavy atom. The molecular formula is C24H25BrN2O5S2. The number of benzene rings is 2. The minimum Gasteiger partial charge on any atom is -0.493 e. The van der Waals surface area contributed by atoms with Crippen molar-refractivity contribution in [2.45, 2.75) is 13.3 Å². The number of nitrogens with one attached hydrogen (secondary N) is 1. The van der Waals surface area contributed by atoms with E-state index in [0.717, 1.165) is 21.3 Å². The van der Waals surface area contributed by atoms with E-state index in [2.05, 4.69) is 21.2 Å². The summed E-state index contributed by atoms with van der Waals surface area (Å²) in [6.45, 7) is 2.82. The van der Waals surface area contributed by atoms with E-state index >= 15 is 0 Å². The fourth-order valence-electron chi connectivity index (χ4n) is 3.20. The van der Waals surface area contributed by atoms with Gasteiger partial charge < -0.3 is 19.5 Å². The molecule has 2 amide bonds. The molecule has 0 saturated carbocycles. The highest BCUT2D eigenvalue weighted by molar-refractivity contribution is 9.10. The highest BCUT2D eigenvalue weighted by atomic mass is 79.9. The van der Waals surface area contributed by atoms with Crippen molar-refractivity contribution in [3.63, 3.8) is 0 Å². The van der Waals surface area contributed by atoms with Crippen molar-refractivity contribution in [2.24, 2.45) is 0 Å². The predicted molar refractivity (Wildman–Crippen MR) is 142 cm³/mol. The molecule has 3 rings (SSSR count). The van der Waals surface area contributed by atoms with Crippen LogP contribution in [0.2, 0.25) is 0 Å². The Hall–Kier alpha value is -2.40. The van der Waals surface area contributed by atoms with Crippen LogP contribution in [0.1, 0.15) is 17.5 Å². The van der Waals surface area contributed by atoms with E-state index in [0.29, 0.717) is 40.3 Å². The lowest BCUT2D eigenvalue weighted by Crippen LogP contribution is -2.29. The van der Waals surface area contributed by atoms with Gasteiger partial charge in [-0.05, 0) is 60.9 Å². The number of ether oxygens (including phenoxy) is 3. The number of carbonyl (C=O) groups excluding carboxylic acids is 2. The summed E-state index contributed by atoms with van der Waals surface area (Å²) in [5.74, 6) is 0.477. The van der Waals surface area contributed by atoms with Gasteiger partial charge in [-0.25, -0.2) is 0 Å². The van der Waals surface area contributed by atoms with E-state index in [1.807, 2.05) is 25.1 Å². The number of rotatable bonds is 10. The first-order valence-electron chi connectivity index (χ1n) is 10.4. The van der Waals surface area contributed by atoms with Crippen LogP contribution in [0, 0.1) is 6.92 Å². The number of halogens is 1. The number of carbonyl (C=O) groups is 2. The van der Waals surface area contributed by atoms with Gasteiger partial charge in [0.2, 0.25) is 0 Å². The molecule has 1 fully saturated rings. The molecule has 2 aromatic carbocycles. The maximum atomic E-state index is 12.7. The van der Waals surface area contributed by atoms with Gasteiger partial charge in [-0.2, -0.15) is 0 Å². The zero-order valence-corrected chi connectivity index (χ0v) is 22.3. The molecule has 0 spiro atoms. The van der Waals surface area contributed by atoms with Crippen molar-refractivity contribution in [3.05, 3.63) is 56.9 Å². The highest BCUT2D eigenvalue weighted by Crippen LogP contribution is 2.35. The number of anilines is 1. The zero-order chi connectivity index (χ0) is 24.7. The monoisotopic (exact) mass is 564 g/mol. The molecule has 180 valence electrons. The van der Waals surface area contributed by atoms with Gasteiger partial charge in [0.05, 0.1) is 12.0 Å². The minimum absolute atomic E-state index is 0.120. The molecule has 1 saturated heterocycles. The Kier molecular flexibility index (Phi) is 9.52. The zero-order valence-electron chi connectivity index (χ0n) is 19.1. The smallest absolute Gasteiger partial charge is 0.266 e. The van der Waals surface area contributed by atoms with E-state index in [1.165, 1.54) is 18.9 Å². The van der Waals surface area contributed by atoms with Gasteiger partial charge in [-0.3, -0.25) is 14.5 Å². The number of thioether (sulfide) groups is 1. The van der Waals surface area contributed by atoms with E-state index in [9.17, 15) is 9.59 Å². The Morgan fingerprint density at radius 2 is 2.00 bits per heavy atom. The second kappa shape index (κ2) is 12.3. The maximum Gasteiger partial charge on any atom is 0.266 e. The molecule has 7 nitrogen and oxygen atoms in total. The standard InChI is InChI=1S/C24H25BrN2O5S2/c1-15-11-17(25)6-7-18(15)26-22(28)14-32-19-8-5-16(12-20(19)31-3)13-21-23(29)27(24(33)34-21)9-4-10-30-2/h5-8,11-13H,4,9-10,14H2,1-3H3,(H,26,28)/b21-13-. The third-order valence-electron chi connectivity index (χ3n) is 4.91. The average Bonchev–Trinajstić information content (AvgIpc) is 3.07. The lowest BCUT2D eigenvalue weighted by Gasteiger charge is -2.13. The Bertz CT molecular complexity index is 1120. The summed E-state index contributed by atoms with van der Waals surface area (Å²) in [4.78, 5) is 27.2. The fourth-order valence-corrected chi connectivity index (χ4v) is 4.99. The summed E-state index contributed by atoms with van der Waals surface area (Å²) in [6, 6.07) is 10.9. The molecule has 1 heterocycles. The molecule has 0 unspecified atom stereocenters. The minimum atomic E-state index is -0.284.